The molecule has 0 heterocycles. The summed E-state index contributed by atoms with van der Waals surface area (Å²) < 4.78 is 0. The van der Waals surface area contributed by atoms with Crippen LogP contribution in [0.3, 0.4) is 0 Å². The van der Waals surface area contributed by atoms with Crippen molar-refractivity contribution in [2.24, 2.45) is 0 Å². The van der Waals surface area contributed by atoms with Gasteiger partial charge >= 0.3 is 5.97 Å². The van der Waals surface area contributed by atoms with Crippen LogP contribution in [0.5, 0.6) is 0 Å². The van der Waals surface area contributed by atoms with Gasteiger partial charge in [-0.1, -0.05) is 38.3 Å². The Morgan fingerprint density at radius 2 is 1.77 bits per heavy atom. The predicted octanol–water partition coefficient (Wildman–Crippen LogP) is 1.89. The smallest absolute Gasteiger partial charge is 0.303 e. The minimum Gasteiger partial charge on any atom is -0.481 e. The second-order valence-electron chi connectivity index (χ2n) is 3.70. The van der Waals surface area contributed by atoms with Crippen molar-refractivity contribution < 1.29 is 15.0 Å². The van der Waals surface area contributed by atoms with Crippen LogP contribution < -0.4 is 0 Å². The summed E-state index contributed by atoms with van der Waals surface area (Å²) in [7, 11) is -1.02. The Bertz CT molecular complexity index is 159. The van der Waals surface area contributed by atoms with Gasteiger partial charge in [-0.2, -0.15) is 0 Å². The standard InChI is InChI=1S/C6H14OSi.C3H6O2/c1-8(2,3)6-4-5-7;1-2-3(4)5/h4,6-7H,5H2,1-3H3;2H2,1H3,(H,4,5). The molecule has 0 atom stereocenters. The highest BCUT2D eigenvalue weighted by Gasteiger charge is 2.05. The van der Waals surface area contributed by atoms with E-state index in [0.717, 1.165) is 0 Å². The summed E-state index contributed by atoms with van der Waals surface area (Å²) in [6.07, 6.45) is 2.05. The summed E-state index contributed by atoms with van der Waals surface area (Å²) >= 11 is 0. The van der Waals surface area contributed by atoms with Crippen molar-refractivity contribution in [3.8, 4) is 0 Å². The van der Waals surface area contributed by atoms with E-state index in [4.69, 9.17) is 10.2 Å². The molecule has 0 fully saturated rings. The molecule has 0 aliphatic carbocycles. The zero-order chi connectivity index (χ0) is 10.9. The first-order chi connectivity index (χ1) is 5.83. The van der Waals surface area contributed by atoms with Crippen molar-refractivity contribution in [2.45, 2.75) is 33.0 Å². The molecular weight excluding hydrogens is 184 g/mol. The fraction of sp³-hybridized carbons (Fsp3) is 0.667. The molecule has 4 heteroatoms. The Morgan fingerprint density at radius 3 is 1.85 bits per heavy atom. The van der Waals surface area contributed by atoms with E-state index in [1.165, 1.54) is 0 Å². The van der Waals surface area contributed by atoms with Crippen LogP contribution >= 0.6 is 0 Å². The van der Waals surface area contributed by atoms with E-state index in [1.54, 1.807) is 6.92 Å². The van der Waals surface area contributed by atoms with E-state index < -0.39 is 14.0 Å². The van der Waals surface area contributed by atoms with Crippen LogP contribution in [-0.2, 0) is 4.79 Å². The fourth-order valence-electron chi connectivity index (χ4n) is 0.406. The van der Waals surface area contributed by atoms with Crippen molar-refractivity contribution in [2.75, 3.05) is 6.61 Å². The number of aliphatic hydroxyl groups is 1. The molecule has 0 bridgehead atoms. The van der Waals surface area contributed by atoms with Crippen LogP contribution in [0.15, 0.2) is 11.8 Å². The lowest BCUT2D eigenvalue weighted by Gasteiger charge is -2.06. The minimum absolute atomic E-state index is 0.185. The summed E-state index contributed by atoms with van der Waals surface area (Å²) in [5, 5.41) is 16.1. The average molecular weight is 204 g/mol. The molecular formula is C9H20O3Si. The lowest BCUT2D eigenvalue weighted by molar-refractivity contribution is -0.136. The van der Waals surface area contributed by atoms with E-state index in [1.807, 2.05) is 6.08 Å². The molecule has 0 saturated heterocycles. The molecule has 13 heavy (non-hydrogen) atoms. The van der Waals surface area contributed by atoms with Crippen LogP contribution in [0.25, 0.3) is 0 Å². The van der Waals surface area contributed by atoms with Crippen LogP contribution in [-0.4, -0.2) is 30.9 Å². The van der Waals surface area contributed by atoms with Crippen LogP contribution in [0, 0.1) is 0 Å². The summed E-state index contributed by atoms with van der Waals surface area (Å²) in [4.78, 5) is 9.37. The van der Waals surface area contributed by atoms with E-state index in [-0.39, 0.29) is 13.0 Å². The topological polar surface area (TPSA) is 57.5 Å². The maximum Gasteiger partial charge on any atom is 0.303 e. The fourth-order valence-corrected chi connectivity index (χ4v) is 1.22. The lowest BCUT2D eigenvalue weighted by Crippen LogP contribution is -2.15. The molecule has 0 aromatic rings. The number of carboxylic acids is 1. The summed E-state index contributed by atoms with van der Waals surface area (Å²) in [5.41, 5.74) is 2.13. The Kier molecular flexibility index (Phi) is 9.17. The lowest BCUT2D eigenvalue weighted by atomic mass is 10.5. The number of hydrogen-bond acceptors (Lipinski definition) is 2. The Labute approximate surface area is 81.1 Å². The number of aliphatic hydroxyl groups excluding tert-OH is 1. The van der Waals surface area contributed by atoms with Gasteiger partial charge in [-0.05, 0) is 0 Å². The van der Waals surface area contributed by atoms with Gasteiger partial charge in [-0.3, -0.25) is 4.79 Å². The van der Waals surface area contributed by atoms with Crippen LogP contribution in [0.4, 0.5) is 0 Å². The normalized spacial score (nSPS) is 10.8. The molecule has 0 rings (SSSR count). The number of aliphatic carboxylic acids is 1. The zero-order valence-electron chi connectivity index (χ0n) is 8.87. The van der Waals surface area contributed by atoms with Gasteiger partial charge in [0.2, 0.25) is 0 Å². The van der Waals surface area contributed by atoms with Gasteiger partial charge in [-0.15, -0.1) is 0 Å². The van der Waals surface area contributed by atoms with Crippen LogP contribution in [0.1, 0.15) is 13.3 Å². The maximum atomic E-state index is 9.37. The van der Waals surface area contributed by atoms with Gasteiger partial charge in [0.25, 0.3) is 0 Å². The largest absolute Gasteiger partial charge is 0.481 e. The summed E-state index contributed by atoms with van der Waals surface area (Å²) in [6, 6.07) is 0. The van der Waals surface area contributed by atoms with E-state index >= 15 is 0 Å². The number of carbonyl (C=O) groups is 1. The molecule has 78 valence electrons. The average Bonchev–Trinajstić information content (AvgIpc) is 2.00. The number of hydrogen-bond donors (Lipinski definition) is 2. The number of carboxylic acid groups (broad SMARTS) is 1. The summed E-state index contributed by atoms with van der Waals surface area (Å²) in [5.74, 6) is -0.745. The molecule has 0 aliphatic rings. The highest BCUT2D eigenvalue weighted by atomic mass is 28.3. The molecule has 0 aromatic carbocycles. The molecule has 0 unspecified atom stereocenters. The van der Waals surface area contributed by atoms with Crippen molar-refractivity contribution in [3.05, 3.63) is 11.8 Å². The van der Waals surface area contributed by atoms with Crippen molar-refractivity contribution in [1.29, 1.82) is 0 Å². The molecule has 3 nitrogen and oxygen atoms in total. The number of rotatable bonds is 3. The van der Waals surface area contributed by atoms with Gasteiger partial charge in [-0.25, -0.2) is 0 Å². The minimum atomic E-state index is -1.02. The molecule has 0 radical (unpaired) electrons. The quantitative estimate of drug-likeness (QED) is 0.690. The van der Waals surface area contributed by atoms with Gasteiger partial charge in [0.15, 0.2) is 0 Å². The first kappa shape index (κ1) is 14.9. The molecule has 0 aliphatic heterocycles. The van der Waals surface area contributed by atoms with Crippen molar-refractivity contribution >= 4 is 14.0 Å². The van der Waals surface area contributed by atoms with E-state index in [0.29, 0.717) is 0 Å². The van der Waals surface area contributed by atoms with Gasteiger partial charge in [0.05, 0.1) is 14.7 Å². The van der Waals surface area contributed by atoms with Gasteiger partial charge < -0.3 is 10.2 Å². The maximum absolute atomic E-state index is 9.37. The highest BCUT2D eigenvalue weighted by Crippen LogP contribution is 2.00. The van der Waals surface area contributed by atoms with Gasteiger partial charge in [0.1, 0.15) is 0 Å². The Morgan fingerprint density at radius 1 is 1.38 bits per heavy atom. The SMILES string of the molecule is CCC(=O)O.C[Si](C)(C)C=CCO. The second kappa shape index (κ2) is 8.01. The highest BCUT2D eigenvalue weighted by molar-refractivity contribution is 6.80. The van der Waals surface area contributed by atoms with Crippen molar-refractivity contribution in [1.82, 2.24) is 0 Å². The van der Waals surface area contributed by atoms with Crippen LogP contribution in [0.2, 0.25) is 19.6 Å². The molecule has 0 amide bonds. The third-order valence-corrected chi connectivity index (χ3v) is 2.26. The van der Waals surface area contributed by atoms with Crippen molar-refractivity contribution in [3.63, 3.8) is 0 Å². The monoisotopic (exact) mass is 204 g/mol. The third kappa shape index (κ3) is 24.6. The second-order valence-corrected chi connectivity index (χ2v) is 8.76. The third-order valence-electron chi connectivity index (χ3n) is 1.03. The first-order valence-electron chi connectivity index (χ1n) is 4.33. The van der Waals surface area contributed by atoms with Gasteiger partial charge in [0, 0.05) is 6.42 Å². The Hall–Kier alpha value is -0.613. The Balaban J connectivity index is 0. The molecule has 0 spiro atoms. The molecule has 0 saturated carbocycles. The first-order valence-corrected chi connectivity index (χ1v) is 7.91. The molecule has 0 aromatic heterocycles. The van der Waals surface area contributed by atoms with E-state index in [9.17, 15) is 4.79 Å². The zero-order valence-corrected chi connectivity index (χ0v) is 9.87. The molecule has 2 N–H and O–H groups in total. The van der Waals surface area contributed by atoms with E-state index in [2.05, 4.69) is 25.3 Å². The predicted molar refractivity (Wildman–Crippen MR) is 57.5 cm³/mol. The summed E-state index contributed by atoms with van der Waals surface area (Å²) in [6.45, 7) is 8.49.